The maximum Gasteiger partial charge on any atom is 0.134 e. The molecule has 0 aromatic heterocycles. The Hall–Kier alpha value is -0.410. The van der Waals surface area contributed by atoms with Crippen molar-refractivity contribution in [2.24, 2.45) is 11.8 Å². The lowest BCUT2D eigenvalue weighted by Gasteiger charge is -2.28. The molecule has 3 heteroatoms. The number of nitrogens with one attached hydrogen (secondary N) is 1. The van der Waals surface area contributed by atoms with Crippen LogP contribution >= 0.6 is 0 Å². The number of ketones is 1. The Labute approximate surface area is 79.8 Å². The molecule has 3 nitrogen and oxygen atoms in total. The van der Waals surface area contributed by atoms with Gasteiger partial charge >= 0.3 is 0 Å². The number of rotatable bonds is 4. The molecular formula is C10H19NO2. The Kier molecular flexibility index (Phi) is 4.39. The molecule has 0 radical (unpaired) electrons. The Morgan fingerprint density at radius 1 is 1.54 bits per heavy atom. The quantitative estimate of drug-likeness (QED) is 0.705. The van der Waals surface area contributed by atoms with Crippen molar-refractivity contribution in [3.8, 4) is 0 Å². The van der Waals surface area contributed by atoms with Crippen molar-refractivity contribution in [3.63, 3.8) is 0 Å². The van der Waals surface area contributed by atoms with Crippen molar-refractivity contribution >= 4 is 5.78 Å². The molecule has 0 aliphatic carbocycles. The molecule has 1 N–H and O–H groups in total. The molecule has 0 aromatic carbocycles. The van der Waals surface area contributed by atoms with E-state index in [0.29, 0.717) is 11.7 Å². The molecule has 0 saturated carbocycles. The first-order valence-corrected chi connectivity index (χ1v) is 4.98. The van der Waals surface area contributed by atoms with Crippen LogP contribution in [-0.2, 0) is 9.53 Å². The van der Waals surface area contributed by atoms with Gasteiger partial charge in [-0.05, 0) is 32.7 Å². The fourth-order valence-corrected chi connectivity index (χ4v) is 1.98. The molecule has 0 spiro atoms. The second kappa shape index (κ2) is 5.35. The zero-order chi connectivity index (χ0) is 9.68. The largest absolute Gasteiger partial charge is 0.381 e. The van der Waals surface area contributed by atoms with E-state index in [2.05, 4.69) is 5.32 Å². The van der Waals surface area contributed by atoms with Gasteiger partial charge in [-0.25, -0.2) is 0 Å². The lowest BCUT2D eigenvalue weighted by atomic mass is 9.83. The highest BCUT2D eigenvalue weighted by atomic mass is 16.5. The maximum absolute atomic E-state index is 11.4. The van der Waals surface area contributed by atoms with Crippen molar-refractivity contribution in [2.75, 3.05) is 26.8 Å². The van der Waals surface area contributed by atoms with E-state index in [1.54, 1.807) is 6.92 Å². The first-order chi connectivity index (χ1) is 6.25. The van der Waals surface area contributed by atoms with Crippen LogP contribution < -0.4 is 5.32 Å². The van der Waals surface area contributed by atoms with Gasteiger partial charge in [-0.1, -0.05) is 0 Å². The third-order valence-electron chi connectivity index (χ3n) is 2.78. The van der Waals surface area contributed by atoms with E-state index in [-0.39, 0.29) is 5.92 Å². The number of hydrogen-bond acceptors (Lipinski definition) is 3. The molecule has 76 valence electrons. The molecule has 1 rings (SSSR count). The van der Waals surface area contributed by atoms with E-state index in [9.17, 15) is 4.79 Å². The highest BCUT2D eigenvalue weighted by molar-refractivity contribution is 5.78. The lowest BCUT2D eigenvalue weighted by Crippen LogP contribution is -2.34. The van der Waals surface area contributed by atoms with Crippen LogP contribution in [0.3, 0.4) is 0 Å². The van der Waals surface area contributed by atoms with E-state index in [0.717, 1.165) is 32.6 Å². The number of Topliss-reactive ketones (excluding diaryl/α,β-unsaturated/α-hetero) is 1. The lowest BCUT2D eigenvalue weighted by molar-refractivity contribution is -0.123. The van der Waals surface area contributed by atoms with Gasteiger partial charge in [0, 0.05) is 25.7 Å². The summed E-state index contributed by atoms with van der Waals surface area (Å²) in [6, 6.07) is 0. The summed E-state index contributed by atoms with van der Waals surface area (Å²) in [6.45, 7) is 4.13. The number of carbonyl (C=O) groups excluding carboxylic acids is 1. The molecule has 1 fully saturated rings. The second-order valence-corrected chi connectivity index (χ2v) is 3.72. The third kappa shape index (κ3) is 3.08. The fraction of sp³-hybridized carbons (Fsp3) is 0.900. The summed E-state index contributed by atoms with van der Waals surface area (Å²) in [5, 5.41) is 3.08. The summed E-state index contributed by atoms with van der Waals surface area (Å²) in [5.74, 6) is 1.02. The van der Waals surface area contributed by atoms with Gasteiger partial charge in [0.1, 0.15) is 5.78 Å². The Morgan fingerprint density at radius 3 is 2.62 bits per heavy atom. The first kappa shape index (κ1) is 10.7. The summed E-state index contributed by atoms with van der Waals surface area (Å²) in [6.07, 6.45) is 2.07. The predicted octanol–water partition coefficient (Wildman–Crippen LogP) is 0.838. The average molecular weight is 185 g/mol. The molecule has 1 unspecified atom stereocenters. The highest BCUT2D eigenvalue weighted by Crippen LogP contribution is 2.23. The monoisotopic (exact) mass is 185 g/mol. The number of carbonyl (C=O) groups is 1. The Balaban J connectivity index is 2.46. The molecule has 0 aromatic rings. The van der Waals surface area contributed by atoms with Crippen LogP contribution in [0.2, 0.25) is 0 Å². The van der Waals surface area contributed by atoms with Crippen LogP contribution in [0, 0.1) is 11.8 Å². The van der Waals surface area contributed by atoms with Crippen molar-refractivity contribution in [1.82, 2.24) is 5.32 Å². The van der Waals surface area contributed by atoms with Crippen LogP contribution in [0.15, 0.2) is 0 Å². The van der Waals surface area contributed by atoms with Gasteiger partial charge in [-0.15, -0.1) is 0 Å². The zero-order valence-electron chi connectivity index (χ0n) is 8.51. The maximum atomic E-state index is 11.4. The van der Waals surface area contributed by atoms with Gasteiger partial charge in [0.15, 0.2) is 0 Å². The van der Waals surface area contributed by atoms with Gasteiger partial charge in [0.2, 0.25) is 0 Å². The summed E-state index contributed by atoms with van der Waals surface area (Å²) in [4.78, 5) is 11.4. The van der Waals surface area contributed by atoms with Crippen LogP contribution in [0.1, 0.15) is 19.8 Å². The molecule has 0 bridgehead atoms. The summed E-state index contributed by atoms with van der Waals surface area (Å²) in [7, 11) is 1.90. The van der Waals surface area contributed by atoms with Crippen LogP contribution in [-0.4, -0.2) is 32.6 Å². The SMILES string of the molecule is CNCC(C(C)=O)C1CCOCC1. The molecule has 1 heterocycles. The molecule has 0 amide bonds. The second-order valence-electron chi connectivity index (χ2n) is 3.72. The molecule has 1 saturated heterocycles. The zero-order valence-corrected chi connectivity index (χ0v) is 8.51. The molecule has 1 aliphatic heterocycles. The van der Waals surface area contributed by atoms with E-state index >= 15 is 0 Å². The molecular weight excluding hydrogens is 166 g/mol. The standard InChI is InChI=1S/C10H19NO2/c1-8(12)10(7-11-2)9-3-5-13-6-4-9/h9-11H,3-7H2,1-2H3. The van der Waals surface area contributed by atoms with Gasteiger partial charge in [-0.2, -0.15) is 0 Å². The smallest absolute Gasteiger partial charge is 0.134 e. The number of ether oxygens (including phenoxy) is 1. The van der Waals surface area contributed by atoms with E-state index in [1.807, 2.05) is 7.05 Å². The van der Waals surface area contributed by atoms with Crippen molar-refractivity contribution in [1.29, 1.82) is 0 Å². The Morgan fingerprint density at radius 2 is 2.15 bits per heavy atom. The minimum absolute atomic E-state index is 0.189. The van der Waals surface area contributed by atoms with Crippen molar-refractivity contribution < 1.29 is 9.53 Å². The Bertz CT molecular complexity index is 164. The average Bonchev–Trinajstić information content (AvgIpc) is 2.15. The van der Waals surface area contributed by atoms with Crippen molar-refractivity contribution in [3.05, 3.63) is 0 Å². The van der Waals surface area contributed by atoms with E-state index < -0.39 is 0 Å². The fourth-order valence-electron chi connectivity index (χ4n) is 1.98. The van der Waals surface area contributed by atoms with Crippen LogP contribution in [0.5, 0.6) is 0 Å². The molecule has 13 heavy (non-hydrogen) atoms. The summed E-state index contributed by atoms with van der Waals surface area (Å²) < 4.78 is 5.28. The van der Waals surface area contributed by atoms with E-state index in [4.69, 9.17) is 4.74 Å². The van der Waals surface area contributed by atoms with Gasteiger partial charge in [0.25, 0.3) is 0 Å². The number of hydrogen-bond donors (Lipinski definition) is 1. The topological polar surface area (TPSA) is 38.3 Å². The van der Waals surface area contributed by atoms with Crippen LogP contribution in [0.4, 0.5) is 0 Å². The third-order valence-corrected chi connectivity index (χ3v) is 2.78. The predicted molar refractivity (Wildman–Crippen MR) is 51.6 cm³/mol. The van der Waals surface area contributed by atoms with Crippen LogP contribution in [0.25, 0.3) is 0 Å². The first-order valence-electron chi connectivity index (χ1n) is 4.98. The summed E-state index contributed by atoms with van der Waals surface area (Å²) in [5.41, 5.74) is 0. The highest BCUT2D eigenvalue weighted by Gasteiger charge is 2.26. The van der Waals surface area contributed by atoms with Gasteiger partial charge in [0.05, 0.1) is 0 Å². The van der Waals surface area contributed by atoms with Gasteiger partial charge in [-0.3, -0.25) is 4.79 Å². The minimum atomic E-state index is 0.189. The molecule has 1 atom stereocenters. The van der Waals surface area contributed by atoms with Gasteiger partial charge < -0.3 is 10.1 Å². The summed E-state index contributed by atoms with van der Waals surface area (Å²) >= 11 is 0. The normalized spacial score (nSPS) is 21.4. The van der Waals surface area contributed by atoms with Crippen molar-refractivity contribution in [2.45, 2.75) is 19.8 Å². The molecule has 1 aliphatic rings. The minimum Gasteiger partial charge on any atom is -0.381 e. The van der Waals surface area contributed by atoms with E-state index in [1.165, 1.54) is 0 Å².